The predicted molar refractivity (Wildman–Crippen MR) is 64.6 cm³/mol. The SMILES string of the molecule is CCOC(=O)c1ccccc1NC(=O)c1cnon1. The molecule has 0 saturated heterocycles. The standard InChI is InChI=1S/C12H11N3O4/c1-2-18-12(17)8-5-3-4-6-9(8)14-11(16)10-7-13-19-15-10/h3-7H,2H2,1H3,(H,14,16). The van der Waals surface area contributed by atoms with Gasteiger partial charge in [0.25, 0.3) is 5.91 Å². The third-order valence-electron chi connectivity index (χ3n) is 2.26. The molecule has 0 spiro atoms. The Morgan fingerprint density at radius 2 is 2.16 bits per heavy atom. The zero-order valence-electron chi connectivity index (χ0n) is 10.1. The van der Waals surface area contributed by atoms with Crippen molar-refractivity contribution in [3.8, 4) is 0 Å². The van der Waals surface area contributed by atoms with Crippen molar-refractivity contribution in [2.24, 2.45) is 0 Å². The predicted octanol–water partition coefficient (Wildman–Crippen LogP) is 1.50. The summed E-state index contributed by atoms with van der Waals surface area (Å²) in [5.41, 5.74) is 0.641. The minimum absolute atomic E-state index is 0.0265. The zero-order chi connectivity index (χ0) is 13.7. The van der Waals surface area contributed by atoms with Gasteiger partial charge in [-0.05, 0) is 24.2 Å². The van der Waals surface area contributed by atoms with E-state index in [1.165, 1.54) is 6.20 Å². The first-order valence-corrected chi connectivity index (χ1v) is 5.57. The number of benzene rings is 1. The molecule has 0 atom stereocenters. The molecule has 19 heavy (non-hydrogen) atoms. The highest BCUT2D eigenvalue weighted by atomic mass is 16.6. The van der Waals surface area contributed by atoms with Gasteiger partial charge in [-0.15, -0.1) is 0 Å². The molecule has 0 unspecified atom stereocenters. The van der Waals surface area contributed by atoms with Crippen LogP contribution in [0.25, 0.3) is 0 Å². The summed E-state index contributed by atoms with van der Waals surface area (Å²) < 4.78 is 9.24. The number of rotatable bonds is 4. The van der Waals surface area contributed by atoms with E-state index in [-0.39, 0.29) is 17.9 Å². The van der Waals surface area contributed by atoms with E-state index < -0.39 is 11.9 Å². The van der Waals surface area contributed by atoms with E-state index in [0.29, 0.717) is 5.69 Å². The molecule has 0 aliphatic carbocycles. The maximum Gasteiger partial charge on any atom is 0.340 e. The molecule has 98 valence electrons. The molecule has 1 aromatic heterocycles. The summed E-state index contributed by atoms with van der Waals surface area (Å²) in [5, 5.41) is 9.29. The van der Waals surface area contributed by atoms with E-state index >= 15 is 0 Å². The first-order valence-electron chi connectivity index (χ1n) is 5.57. The van der Waals surface area contributed by atoms with Crippen LogP contribution >= 0.6 is 0 Å². The van der Waals surface area contributed by atoms with Gasteiger partial charge < -0.3 is 10.1 Å². The number of carbonyl (C=O) groups excluding carboxylic acids is 2. The number of esters is 1. The van der Waals surface area contributed by atoms with Gasteiger partial charge in [-0.1, -0.05) is 17.3 Å². The van der Waals surface area contributed by atoms with Gasteiger partial charge in [-0.25, -0.2) is 9.42 Å². The molecule has 0 radical (unpaired) electrons. The topological polar surface area (TPSA) is 94.3 Å². The van der Waals surface area contributed by atoms with Crippen molar-refractivity contribution < 1.29 is 19.0 Å². The highest BCUT2D eigenvalue weighted by Crippen LogP contribution is 2.17. The van der Waals surface area contributed by atoms with E-state index in [2.05, 4.69) is 20.3 Å². The number of amides is 1. The molecule has 2 aromatic rings. The zero-order valence-corrected chi connectivity index (χ0v) is 10.1. The Labute approximate surface area is 108 Å². The Hall–Kier alpha value is -2.70. The maximum absolute atomic E-state index is 11.8. The molecule has 7 nitrogen and oxygen atoms in total. The number of nitrogens with zero attached hydrogens (tertiary/aromatic N) is 2. The van der Waals surface area contributed by atoms with Crippen molar-refractivity contribution in [3.63, 3.8) is 0 Å². The van der Waals surface area contributed by atoms with Crippen LogP contribution in [-0.2, 0) is 4.74 Å². The first-order chi connectivity index (χ1) is 9.22. The Bertz CT molecular complexity index is 580. The van der Waals surface area contributed by atoms with E-state index in [9.17, 15) is 9.59 Å². The van der Waals surface area contributed by atoms with Crippen molar-refractivity contribution in [1.29, 1.82) is 0 Å². The summed E-state index contributed by atoms with van der Waals surface area (Å²) in [6, 6.07) is 6.53. The van der Waals surface area contributed by atoms with Crippen molar-refractivity contribution in [1.82, 2.24) is 10.3 Å². The molecular weight excluding hydrogens is 250 g/mol. The average molecular weight is 261 g/mol. The summed E-state index contributed by atoms with van der Waals surface area (Å²) in [4.78, 5) is 23.5. The molecule has 7 heteroatoms. The molecule has 1 aromatic carbocycles. The van der Waals surface area contributed by atoms with Gasteiger partial charge in [-0.2, -0.15) is 0 Å². The van der Waals surface area contributed by atoms with Crippen molar-refractivity contribution in [2.75, 3.05) is 11.9 Å². The molecule has 0 aliphatic rings. The van der Waals surface area contributed by atoms with Gasteiger partial charge in [0, 0.05) is 0 Å². The van der Waals surface area contributed by atoms with Crippen molar-refractivity contribution in [2.45, 2.75) is 6.92 Å². The van der Waals surface area contributed by atoms with E-state index in [4.69, 9.17) is 4.74 Å². The highest BCUT2D eigenvalue weighted by Gasteiger charge is 2.16. The lowest BCUT2D eigenvalue weighted by molar-refractivity contribution is 0.0527. The van der Waals surface area contributed by atoms with Crippen LogP contribution in [0.15, 0.2) is 35.1 Å². The van der Waals surface area contributed by atoms with Crippen molar-refractivity contribution in [3.05, 3.63) is 41.7 Å². The van der Waals surface area contributed by atoms with Crippen LogP contribution in [-0.4, -0.2) is 28.8 Å². The Balaban J connectivity index is 2.21. The number of anilines is 1. The third-order valence-corrected chi connectivity index (χ3v) is 2.26. The number of ether oxygens (including phenoxy) is 1. The number of para-hydroxylation sites is 1. The molecule has 0 fully saturated rings. The number of carbonyl (C=O) groups is 2. The molecule has 1 N–H and O–H groups in total. The molecule has 1 amide bonds. The van der Waals surface area contributed by atoms with Crippen LogP contribution in [0.4, 0.5) is 5.69 Å². The maximum atomic E-state index is 11.8. The summed E-state index contributed by atoms with van der Waals surface area (Å²) in [6.07, 6.45) is 1.18. The number of nitrogens with one attached hydrogen (secondary N) is 1. The van der Waals surface area contributed by atoms with E-state index in [1.807, 2.05) is 0 Å². The van der Waals surface area contributed by atoms with Gasteiger partial charge in [0.05, 0.1) is 17.9 Å². The normalized spacial score (nSPS) is 9.95. The van der Waals surface area contributed by atoms with Crippen LogP contribution in [0.1, 0.15) is 27.8 Å². The minimum atomic E-state index is -0.516. The van der Waals surface area contributed by atoms with Gasteiger partial charge in [0.2, 0.25) is 0 Å². The Kier molecular flexibility index (Phi) is 3.87. The second kappa shape index (κ2) is 5.76. The van der Waals surface area contributed by atoms with Crippen LogP contribution < -0.4 is 5.32 Å². The highest BCUT2D eigenvalue weighted by molar-refractivity contribution is 6.06. The summed E-state index contributed by atoms with van der Waals surface area (Å²) in [7, 11) is 0. The average Bonchev–Trinajstić information content (AvgIpc) is 2.93. The minimum Gasteiger partial charge on any atom is -0.462 e. The lowest BCUT2D eigenvalue weighted by Crippen LogP contribution is -2.16. The lowest BCUT2D eigenvalue weighted by Gasteiger charge is -2.08. The monoisotopic (exact) mass is 261 g/mol. The summed E-state index contributed by atoms with van der Waals surface area (Å²) in [6.45, 7) is 1.97. The molecule has 1 heterocycles. The van der Waals surface area contributed by atoms with Crippen LogP contribution in [0.2, 0.25) is 0 Å². The molecule has 2 rings (SSSR count). The fraction of sp³-hybridized carbons (Fsp3) is 0.167. The largest absolute Gasteiger partial charge is 0.462 e. The second-order valence-corrected chi connectivity index (χ2v) is 3.51. The van der Waals surface area contributed by atoms with Crippen LogP contribution in [0, 0.1) is 0 Å². The van der Waals surface area contributed by atoms with Crippen LogP contribution in [0.3, 0.4) is 0 Å². The van der Waals surface area contributed by atoms with Gasteiger partial charge in [0.15, 0.2) is 5.69 Å². The molecule has 0 bridgehead atoms. The van der Waals surface area contributed by atoms with E-state index in [1.54, 1.807) is 31.2 Å². The quantitative estimate of drug-likeness (QED) is 0.838. The fourth-order valence-electron chi connectivity index (χ4n) is 1.43. The number of hydrogen-bond donors (Lipinski definition) is 1. The number of aromatic nitrogens is 2. The smallest absolute Gasteiger partial charge is 0.340 e. The fourth-order valence-corrected chi connectivity index (χ4v) is 1.43. The number of hydrogen-bond acceptors (Lipinski definition) is 6. The Morgan fingerprint density at radius 3 is 2.84 bits per heavy atom. The molecule has 0 saturated carbocycles. The van der Waals surface area contributed by atoms with Gasteiger partial charge in [-0.3, -0.25) is 4.79 Å². The van der Waals surface area contributed by atoms with Gasteiger partial charge in [0.1, 0.15) is 6.20 Å². The molecular formula is C12H11N3O4. The summed E-state index contributed by atoms with van der Waals surface area (Å²) in [5.74, 6) is -1.02. The lowest BCUT2D eigenvalue weighted by atomic mass is 10.1. The summed E-state index contributed by atoms with van der Waals surface area (Å²) >= 11 is 0. The van der Waals surface area contributed by atoms with E-state index in [0.717, 1.165) is 0 Å². The van der Waals surface area contributed by atoms with Gasteiger partial charge >= 0.3 is 5.97 Å². The third kappa shape index (κ3) is 2.95. The second-order valence-electron chi connectivity index (χ2n) is 3.51. The van der Waals surface area contributed by atoms with Crippen molar-refractivity contribution >= 4 is 17.6 Å². The molecule has 0 aliphatic heterocycles. The Morgan fingerprint density at radius 1 is 1.37 bits per heavy atom. The van der Waals surface area contributed by atoms with Crippen LogP contribution in [0.5, 0.6) is 0 Å². The first kappa shape index (κ1) is 12.7.